The van der Waals surface area contributed by atoms with Crippen LogP contribution in [0, 0.1) is 0 Å². The topological polar surface area (TPSA) is 49.2 Å². The van der Waals surface area contributed by atoms with E-state index in [2.05, 4.69) is 26.9 Å². The molecular formula is C20H20ClN3O2S. The summed E-state index contributed by atoms with van der Waals surface area (Å²) in [7, 11) is 0. The quantitative estimate of drug-likeness (QED) is 0.569. The van der Waals surface area contributed by atoms with Gasteiger partial charge in [-0.1, -0.05) is 53.7 Å². The van der Waals surface area contributed by atoms with E-state index in [9.17, 15) is 0 Å². The van der Waals surface area contributed by atoms with Crippen LogP contribution in [-0.2, 0) is 16.0 Å². The zero-order valence-corrected chi connectivity index (χ0v) is 16.3. The second kappa shape index (κ2) is 8.89. The summed E-state index contributed by atoms with van der Waals surface area (Å²) >= 11 is 7.71. The molecule has 2 aromatic carbocycles. The van der Waals surface area contributed by atoms with E-state index in [4.69, 9.17) is 21.1 Å². The minimum atomic E-state index is 0.185. The molecule has 1 saturated heterocycles. The monoisotopic (exact) mass is 401 g/mol. The molecule has 3 aromatic rings. The molecule has 0 spiro atoms. The summed E-state index contributed by atoms with van der Waals surface area (Å²) in [5.74, 6) is 1.67. The predicted molar refractivity (Wildman–Crippen MR) is 107 cm³/mol. The van der Waals surface area contributed by atoms with E-state index in [0.717, 1.165) is 35.3 Å². The summed E-state index contributed by atoms with van der Waals surface area (Å²) in [6.07, 6.45) is 1.09. The zero-order chi connectivity index (χ0) is 18.5. The highest BCUT2D eigenvalue weighted by Gasteiger charge is 2.19. The van der Waals surface area contributed by atoms with Crippen molar-refractivity contribution in [3.8, 4) is 11.4 Å². The van der Waals surface area contributed by atoms with E-state index in [1.54, 1.807) is 11.8 Å². The molecule has 1 aliphatic rings. The third-order valence-electron chi connectivity index (χ3n) is 4.37. The molecule has 0 saturated carbocycles. The number of aromatic nitrogens is 3. The van der Waals surface area contributed by atoms with Crippen LogP contribution in [0.4, 0.5) is 0 Å². The van der Waals surface area contributed by atoms with E-state index in [1.807, 2.05) is 42.5 Å². The van der Waals surface area contributed by atoms with Gasteiger partial charge in [-0.05, 0) is 36.2 Å². The zero-order valence-electron chi connectivity index (χ0n) is 14.8. The van der Waals surface area contributed by atoms with Crippen molar-refractivity contribution in [3.63, 3.8) is 0 Å². The highest BCUT2D eigenvalue weighted by atomic mass is 35.5. The first-order valence-electron chi connectivity index (χ1n) is 8.85. The Balaban J connectivity index is 1.60. The first kappa shape index (κ1) is 18.5. The van der Waals surface area contributed by atoms with Gasteiger partial charge in [0.2, 0.25) is 0 Å². The van der Waals surface area contributed by atoms with Gasteiger partial charge in [0.25, 0.3) is 0 Å². The number of ether oxygens (including phenoxy) is 2. The molecular weight excluding hydrogens is 382 g/mol. The molecule has 0 radical (unpaired) electrons. The number of benzene rings is 2. The van der Waals surface area contributed by atoms with Crippen LogP contribution in [-0.4, -0.2) is 40.0 Å². The molecule has 0 bridgehead atoms. The molecule has 5 nitrogen and oxygen atoms in total. The van der Waals surface area contributed by atoms with Crippen LogP contribution in [0.5, 0.6) is 0 Å². The van der Waals surface area contributed by atoms with Gasteiger partial charge in [-0.15, -0.1) is 10.2 Å². The van der Waals surface area contributed by atoms with Gasteiger partial charge in [-0.25, -0.2) is 0 Å². The smallest absolute Gasteiger partial charge is 0.191 e. The molecule has 7 heteroatoms. The fourth-order valence-electron chi connectivity index (χ4n) is 2.92. The van der Waals surface area contributed by atoms with Crippen LogP contribution in [0.3, 0.4) is 0 Å². The van der Waals surface area contributed by atoms with Crippen LogP contribution >= 0.6 is 23.4 Å². The summed E-state index contributed by atoms with van der Waals surface area (Å²) in [6.45, 7) is 1.83. The lowest BCUT2D eigenvalue weighted by Crippen LogP contribution is -2.25. The van der Waals surface area contributed by atoms with E-state index in [0.29, 0.717) is 18.4 Å². The second-order valence-corrected chi connectivity index (χ2v) is 7.72. The van der Waals surface area contributed by atoms with E-state index < -0.39 is 0 Å². The van der Waals surface area contributed by atoms with Gasteiger partial charge >= 0.3 is 0 Å². The van der Waals surface area contributed by atoms with Gasteiger partial charge < -0.3 is 9.47 Å². The number of rotatable bonds is 6. The molecule has 1 atom stereocenters. The summed E-state index contributed by atoms with van der Waals surface area (Å²) in [4.78, 5) is 0. The molecule has 0 unspecified atom stereocenters. The maximum Gasteiger partial charge on any atom is 0.191 e. The number of hydrogen-bond donors (Lipinski definition) is 0. The van der Waals surface area contributed by atoms with Crippen molar-refractivity contribution in [2.75, 3.05) is 19.2 Å². The van der Waals surface area contributed by atoms with Crippen molar-refractivity contribution >= 4 is 23.4 Å². The van der Waals surface area contributed by atoms with Crippen molar-refractivity contribution in [3.05, 3.63) is 65.2 Å². The van der Waals surface area contributed by atoms with Crippen molar-refractivity contribution < 1.29 is 9.47 Å². The van der Waals surface area contributed by atoms with E-state index in [-0.39, 0.29) is 6.10 Å². The van der Waals surface area contributed by atoms with Crippen molar-refractivity contribution in [1.82, 2.24) is 14.8 Å². The maximum atomic E-state index is 6.04. The molecule has 0 aliphatic carbocycles. The van der Waals surface area contributed by atoms with Crippen LogP contribution in [0.15, 0.2) is 59.8 Å². The molecule has 140 valence electrons. The van der Waals surface area contributed by atoms with Gasteiger partial charge in [0.1, 0.15) is 6.79 Å². The Kier molecular flexibility index (Phi) is 6.09. The summed E-state index contributed by atoms with van der Waals surface area (Å²) in [5.41, 5.74) is 2.20. The minimum Gasteiger partial charge on any atom is -0.355 e. The van der Waals surface area contributed by atoms with Gasteiger partial charge in [0.15, 0.2) is 11.0 Å². The second-order valence-electron chi connectivity index (χ2n) is 6.30. The normalized spacial score (nSPS) is 17.1. The maximum absolute atomic E-state index is 6.04. The van der Waals surface area contributed by atoms with Crippen LogP contribution < -0.4 is 0 Å². The average molecular weight is 402 g/mol. The first-order chi connectivity index (χ1) is 13.3. The van der Waals surface area contributed by atoms with Crippen molar-refractivity contribution in [1.29, 1.82) is 0 Å². The molecule has 0 amide bonds. The lowest BCUT2D eigenvalue weighted by Gasteiger charge is -2.22. The highest BCUT2D eigenvalue weighted by Crippen LogP contribution is 2.27. The number of halogens is 1. The Labute approximate surface area is 167 Å². The molecule has 1 aliphatic heterocycles. The van der Waals surface area contributed by atoms with Gasteiger partial charge in [0, 0.05) is 16.3 Å². The molecule has 2 heterocycles. The summed E-state index contributed by atoms with van der Waals surface area (Å²) < 4.78 is 13.1. The fraction of sp³-hybridized carbons (Fsp3) is 0.300. The lowest BCUT2D eigenvalue weighted by molar-refractivity contribution is -0.130. The Bertz CT molecular complexity index is 865. The minimum absolute atomic E-state index is 0.185. The molecule has 1 fully saturated rings. The molecule has 4 rings (SSSR count). The Morgan fingerprint density at radius 2 is 1.89 bits per heavy atom. The van der Waals surface area contributed by atoms with Crippen LogP contribution in [0.2, 0.25) is 5.02 Å². The third kappa shape index (κ3) is 4.71. The fourth-order valence-corrected chi connectivity index (χ4v) is 4.05. The molecule has 0 N–H and O–H groups in total. The largest absolute Gasteiger partial charge is 0.355 e. The number of thioether (sulfide) groups is 1. The predicted octanol–water partition coefficient (Wildman–Crippen LogP) is 4.50. The molecule has 1 aromatic heterocycles. The van der Waals surface area contributed by atoms with E-state index >= 15 is 0 Å². The van der Waals surface area contributed by atoms with Gasteiger partial charge in [-0.3, -0.25) is 4.57 Å². The third-order valence-corrected chi connectivity index (χ3v) is 5.72. The SMILES string of the molecule is Clc1ccc(-c2nnc(SC[C@@H]3CCOCO3)n2Cc2ccccc2)cc1. The van der Waals surface area contributed by atoms with Crippen LogP contribution in [0.25, 0.3) is 11.4 Å². The Morgan fingerprint density at radius 3 is 2.63 bits per heavy atom. The summed E-state index contributed by atoms with van der Waals surface area (Å²) in [5, 5.41) is 10.5. The average Bonchev–Trinajstić information content (AvgIpc) is 3.11. The van der Waals surface area contributed by atoms with E-state index in [1.165, 1.54) is 5.56 Å². The van der Waals surface area contributed by atoms with Gasteiger partial charge in [-0.2, -0.15) is 0 Å². The number of nitrogens with zero attached hydrogens (tertiary/aromatic N) is 3. The first-order valence-corrected chi connectivity index (χ1v) is 10.2. The highest BCUT2D eigenvalue weighted by molar-refractivity contribution is 7.99. The lowest BCUT2D eigenvalue weighted by atomic mass is 10.2. The molecule has 27 heavy (non-hydrogen) atoms. The van der Waals surface area contributed by atoms with Crippen molar-refractivity contribution in [2.45, 2.75) is 24.2 Å². The van der Waals surface area contributed by atoms with Crippen LogP contribution in [0.1, 0.15) is 12.0 Å². The Morgan fingerprint density at radius 1 is 1.07 bits per heavy atom. The number of hydrogen-bond acceptors (Lipinski definition) is 5. The Hall–Kier alpha value is -1.86. The van der Waals surface area contributed by atoms with Crippen molar-refractivity contribution in [2.24, 2.45) is 0 Å². The summed E-state index contributed by atoms with van der Waals surface area (Å²) in [6, 6.07) is 18.0. The van der Waals surface area contributed by atoms with Gasteiger partial charge in [0.05, 0.1) is 19.3 Å². The standard InChI is InChI=1S/C20H20ClN3O2S/c21-17-8-6-16(7-9-17)19-22-23-20(27-13-18-10-11-25-14-26-18)24(19)12-15-4-2-1-3-5-15/h1-9,18H,10-14H2/t18-/m0/s1.